The second-order valence-electron chi connectivity index (χ2n) is 6.38. The number of thioether (sulfide) groups is 1. The van der Waals surface area contributed by atoms with Gasteiger partial charge in [-0.1, -0.05) is 16.9 Å². The van der Waals surface area contributed by atoms with E-state index >= 15 is 0 Å². The Morgan fingerprint density at radius 1 is 1.13 bits per heavy atom. The molecule has 0 N–H and O–H groups in total. The van der Waals surface area contributed by atoms with Crippen LogP contribution >= 0.6 is 23.1 Å². The summed E-state index contributed by atoms with van der Waals surface area (Å²) in [6.07, 6.45) is 0. The summed E-state index contributed by atoms with van der Waals surface area (Å²) in [6, 6.07) is 7.22. The van der Waals surface area contributed by atoms with Gasteiger partial charge >= 0.3 is 0 Å². The van der Waals surface area contributed by atoms with Crippen molar-refractivity contribution in [3.05, 3.63) is 45.9 Å². The van der Waals surface area contributed by atoms with Crippen LogP contribution < -0.4 is 15.0 Å². The first-order valence-corrected chi connectivity index (χ1v) is 11.1. The third-order valence-corrected chi connectivity index (χ3v) is 6.31. The van der Waals surface area contributed by atoms with Gasteiger partial charge in [0.1, 0.15) is 16.2 Å². The second kappa shape index (κ2) is 9.50. The van der Waals surface area contributed by atoms with E-state index in [4.69, 9.17) is 18.7 Å². The van der Waals surface area contributed by atoms with Gasteiger partial charge in [-0.2, -0.15) is 4.98 Å². The lowest BCUT2D eigenvalue weighted by Gasteiger charge is -2.10. The number of nitrogens with zero attached hydrogens (tertiary/aromatic N) is 4. The molecule has 0 fully saturated rings. The third-order valence-electron chi connectivity index (χ3n) is 4.45. The molecule has 0 radical (unpaired) electrons. The highest BCUT2D eigenvalue weighted by Crippen LogP contribution is 2.29. The van der Waals surface area contributed by atoms with Gasteiger partial charge in [0.25, 0.3) is 5.56 Å². The molecule has 1 aromatic carbocycles. The van der Waals surface area contributed by atoms with E-state index in [0.717, 1.165) is 0 Å². The first kappa shape index (κ1) is 21.3. The summed E-state index contributed by atoms with van der Waals surface area (Å²) in [6.45, 7) is 0.825. The van der Waals surface area contributed by atoms with Crippen molar-refractivity contribution in [2.45, 2.75) is 17.5 Å². The van der Waals surface area contributed by atoms with E-state index in [1.165, 1.54) is 23.1 Å². The summed E-state index contributed by atoms with van der Waals surface area (Å²) in [5, 5.41) is 6.50. The number of hydrogen-bond donors (Lipinski definition) is 0. The average Bonchev–Trinajstić information content (AvgIpc) is 3.46. The highest BCUT2D eigenvalue weighted by atomic mass is 32.2. The molecular weight excluding hydrogens is 440 g/mol. The molecule has 0 saturated carbocycles. The fourth-order valence-corrected chi connectivity index (χ4v) is 4.55. The van der Waals surface area contributed by atoms with E-state index < -0.39 is 0 Å². The molecule has 0 bridgehead atoms. The molecule has 0 unspecified atom stereocenters. The minimum absolute atomic E-state index is 0.0748. The van der Waals surface area contributed by atoms with E-state index in [0.29, 0.717) is 63.1 Å². The van der Waals surface area contributed by atoms with Crippen LogP contribution in [0.5, 0.6) is 11.5 Å². The molecule has 0 spiro atoms. The fourth-order valence-electron chi connectivity index (χ4n) is 2.91. The number of fused-ring (bicyclic) bond motifs is 1. The Labute approximate surface area is 186 Å². The van der Waals surface area contributed by atoms with Gasteiger partial charge in [-0.15, -0.1) is 11.3 Å². The van der Waals surface area contributed by atoms with Crippen molar-refractivity contribution >= 4 is 33.3 Å². The minimum Gasteiger partial charge on any atom is -0.497 e. The number of benzene rings is 1. The van der Waals surface area contributed by atoms with Crippen molar-refractivity contribution in [3.8, 4) is 22.9 Å². The molecule has 0 aliphatic rings. The first-order chi connectivity index (χ1) is 15.1. The van der Waals surface area contributed by atoms with Crippen molar-refractivity contribution in [3.63, 3.8) is 0 Å². The Morgan fingerprint density at radius 3 is 2.61 bits per heavy atom. The summed E-state index contributed by atoms with van der Waals surface area (Å²) >= 11 is 2.75. The molecule has 162 valence electrons. The van der Waals surface area contributed by atoms with E-state index in [-0.39, 0.29) is 5.56 Å². The maximum Gasteiger partial charge on any atom is 0.272 e. The van der Waals surface area contributed by atoms with Gasteiger partial charge in [0.05, 0.1) is 38.6 Å². The van der Waals surface area contributed by atoms with E-state index in [9.17, 15) is 4.79 Å². The lowest BCUT2D eigenvalue weighted by atomic mass is 10.2. The Kier molecular flexibility index (Phi) is 6.54. The molecule has 4 aromatic rings. The Bertz CT molecular complexity index is 1230. The van der Waals surface area contributed by atoms with Gasteiger partial charge in [0.15, 0.2) is 5.16 Å². The van der Waals surface area contributed by atoms with Crippen LogP contribution in [-0.2, 0) is 17.0 Å². The van der Waals surface area contributed by atoms with Gasteiger partial charge in [-0.3, -0.25) is 9.36 Å². The summed E-state index contributed by atoms with van der Waals surface area (Å²) in [5.74, 6) is 2.46. The molecule has 9 nitrogen and oxygen atoms in total. The molecule has 0 atom stereocenters. The van der Waals surface area contributed by atoms with Crippen LogP contribution in [0.1, 0.15) is 5.89 Å². The van der Waals surface area contributed by atoms with E-state index in [1.54, 1.807) is 44.1 Å². The highest BCUT2D eigenvalue weighted by molar-refractivity contribution is 7.98. The molecule has 3 aromatic heterocycles. The molecule has 31 heavy (non-hydrogen) atoms. The Hall–Kier alpha value is -2.89. The summed E-state index contributed by atoms with van der Waals surface area (Å²) in [5.41, 5.74) is 1.32. The molecule has 3 heterocycles. The van der Waals surface area contributed by atoms with Crippen LogP contribution in [0.3, 0.4) is 0 Å². The zero-order valence-electron chi connectivity index (χ0n) is 17.2. The standard InChI is InChI=1S/C20H20N4O5S2/c1-26-6-5-24-19(25)17-15(4-7-30-17)21-20(24)31-11-16-22-18(23-29-16)12-8-13(27-2)10-14(9-12)28-3/h4,7-10H,5-6,11H2,1-3H3. The predicted molar refractivity (Wildman–Crippen MR) is 118 cm³/mol. The Balaban J connectivity index is 1.58. The Morgan fingerprint density at radius 2 is 1.90 bits per heavy atom. The van der Waals surface area contributed by atoms with Crippen LogP contribution in [0.4, 0.5) is 0 Å². The zero-order chi connectivity index (χ0) is 21.8. The van der Waals surface area contributed by atoms with Crippen molar-refractivity contribution in [2.24, 2.45) is 0 Å². The second-order valence-corrected chi connectivity index (χ2v) is 8.24. The van der Waals surface area contributed by atoms with E-state index in [2.05, 4.69) is 15.1 Å². The largest absolute Gasteiger partial charge is 0.497 e. The van der Waals surface area contributed by atoms with Crippen LogP contribution in [0.15, 0.2) is 44.1 Å². The van der Waals surface area contributed by atoms with Gasteiger partial charge in [0, 0.05) is 18.7 Å². The van der Waals surface area contributed by atoms with Crippen LogP contribution in [0, 0.1) is 0 Å². The van der Waals surface area contributed by atoms with Crippen LogP contribution in [0.25, 0.3) is 21.6 Å². The summed E-state index contributed by atoms with van der Waals surface area (Å²) in [7, 11) is 4.76. The molecule has 4 rings (SSSR count). The van der Waals surface area contributed by atoms with Gasteiger partial charge in [-0.05, 0) is 23.6 Å². The highest BCUT2D eigenvalue weighted by Gasteiger charge is 2.16. The maximum absolute atomic E-state index is 12.8. The van der Waals surface area contributed by atoms with Gasteiger partial charge in [-0.25, -0.2) is 4.98 Å². The SMILES string of the molecule is COCCn1c(SCc2nc(-c3cc(OC)cc(OC)c3)no2)nc2ccsc2c1=O. The molecule has 0 aliphatic carbocycles. The van der Waals surface area contributed by atoms with Crippen LogP contribution in [0.2, 0.25) is 0 Å². The van der Waals surface area contributed by atoms with E-state index in [1.807, 2.05) is 11.4 Å². The number of hydrogen-bond acceptors (Lipinski definition) is 10. The monoisotopic (exact) mass is 460 g/mol. The quantitative estimate of drug-likeness (QED) is 0.274. The van der Waals surface area contributed by atoms with Gasteiger partial charge in [0.2, 0.25) is 11.7 Å². The number of methoxy groups -OCH3 is 3. The lowest BCUT2D eigenvalue weighted by molar-refractivity contribution is 0.183. The normalized spacial score (nSPS) is 11.2. The minimum atomic E-state index is -0.0748. The van der Waals surface area contributed by atoms with Crippen molar-refractivity contribution < 1.29 is 18.7 Å². The van der Waals surface area contributed by atoms with Gasteiger partial charge < -0.3 is 18.7 Å². The topological polar surface area (TPSA) is 102 Å². The third kappa shape index (κ3) is 4.58. The number of ether oxygens (including phenoxy) is 3. The zero-order valence-corrected chi connectivity index (χ0v) is 18.8. The summed E-state index contributed by atoms with van der Waals surface area (Å²) in [4.78, 5) is 21.9. The number of thiophene rings is 1. The number of aromatic nitrogens is 4. The van der Waals surface area contributed by atoms with Crippen LogP contribution in [-0.4, -0.2) is 47.6 Å². The fraction of sp³-hybridized carbons (Fsp3) is 0.300. The molecule has 0 aliphatic heterocycles. The predicted octanol–water partition coefficient (Wildman–Crippen LogP) is 3.46. The first-order valence-electron chi connectivity index (χ1n) is 9.28. The maximum atomic E-state index is 12.8. The van der Waals surface area contributed by atoms with Crippen molar-refractivity contribution in [1.82, 2.24) is 19.7 Å². The lowest BCUT2D eigenvalue weighted by Crippen LogP contribution is -2.24. The number of rotatable bonds is 9. The molecule has 0 amide bonds. The molecule has 11 heteroatoms. The average molecular weight is 461 g/mol. The summed E-state index contributed by atoms with van der Waals surface area (Å²) < 4.78 is 23.4. The smallest absolute Gasteiger partial charge is 0.272 e. The molecule has 0 saturated heterocycles. The molecular formula is C20H20N4O5S2. The van der Waals surface area contributed by atoms with Crippen molar-refractivity contribution in [2.75, 3.05) is 27.9 Å². The van der Waals surface area contributed by atoms with Crippen molar-refractivity contribution in [1.29, 1.82) is 0 Å².